The lowest BCUT2D eigenvalue weighted by atomic mass is 10.0. The fraction of sp³-hybridized carbons (Fsp3) is 0.873. The highest BCUT2D eigenvalue weighted by molar-refractivity contribution is 5.70. The van der Waals surface area contributed by atoms with Gasteiger partial charge in [0.1, 0.15) is 6.61 Å². The van der Waals surface area contributed by atoms with Crippen molar-refractivity contribution in [2.75, 3.05) is 19.8 Å². The molecular formula is C63H118O5. The van der Waals surface area contributed by atoms with Crippen LogP contribution in [-0.2, 0) is 23.8 Å². The van der Waals surface area contributed by atoms with Crippen molar-refractivity contribution in [2.24, 2.45) is 0 Å². The number of hydrogen-bond acceptors (Lipinski definition) is 5. The standard InChI is InChI=1S/C63H118O5/c1-4-7-10-13-16-19-22-25-28-30-32-33-36-38-41-44-47-50-53-56-62(64)67-60-61(68-63(65)57-54-51-48-45-42-39-35-27-24-21-18-15-12-9-6-3)59-66-58-55-52-49-46-43-40-37-34-31-29-26-23-20-17-14-11-8-5-2/h16,19,25,28,32-33,61H,4-15,17-18,20-24,26-27,29-31,34-60H2,1-3H3/b19-16-,28-25-,33-32-. The summed E-state index contributed by atoms with van der Waals surface area (Å²) in [5, 5.41) is 0. The van der Waals surface area contributed by atoms with Crippen molar-refractivity contribution >= 4 is 11.9 Å². The largest absolute Gasteiger partial charge is 0.462 e. The van der Waals surface area contributed by atoms with Gasteiger partial charge in [0, 0.05) is 19.4 Å². The molecule has 0 amide bonds. The minimum Gasteiger partial charge on any atom is -0.462 e. The SMILES string of the molecule is CCCCC/C=C\C/C=C\C/C=C\CCCCCCCCC(=O)OCC(COCCCCCCCCCCCCCCCCCCCC)OC(=O)CCCCCCCCCCCCCCCCC. The monoisotopic (exact) mass is 955 g/mol. The zero-order chi connectivity index (χ0) is 49.2. The van der Waals surface area contributed by atoms with Crippen molar-refractivity contribution in [2.45, 2.75) is 335 Å². The molecule has 0 aliphatic heterocycles. The van der Waals surface area contributed by atoms with Gasteiger partial charge in [0.2, 0.25) is 0 Å². The van der Waals surface area contributed by atoms with E-state index in [0.29, 0.717) is 26.1 Å². The van der Waals surface area contributed by atoms with Gasteiger partial charge < -0.3 is 14.2 Å². The Balaban J connectivity index is 4.24. The zero-order valence-corrected chi connectivity index (χ0v) is 46.1. The van der Waals surface area contributed by atoms with E-state index < -0.39 is 6.10 Å². The lowest BCUT2D eigenvalue weighted by Gasteiger charge is -2.18. The topological polar surface area (TPSA) is 61.8 Å². The maximum Gasteiger partial charge on any atom is 0.306 e. The molecular weight excluding hydrogens is 837 g/mol. The van der Waals surface area contributed by atoms with E-state index in [1.165, 1.54) is 238 Å². The molecule has 68 heavy (non-hydrogen) atoms. The number of carbonyl (C=O) groups excluding carboxylic acids is 2. The van der Waals surface area contributed by atoms with Gasteiger partial charge in [0.25, 0.3) is 0 Å². The van der Waals surface area contributed by atoms with Crippen LogP contribution >= 0.6 is 0 Å². The average molecular weight is 956 g/mol. The average Bonchev–Trinajstić information content (AvgIpc) is 3.34. The number of rotatable bonds is 57. The first-order chi connectivity index (χ1) is 33.6. The molecule has 0 spiro atoms. The summed E-state index contributed by atoms with van der Waals surface area (Å²) in [6, 6.07) is 0. The Morgan fingerprint density at radius 3 is 1.01 bits per heavy atom. The summed E-state index contributed by atoms with van der Waals surface area (Å²) in [5.41, 5.74) is 0. The number of hydrogen-bond donors (Lipinski definition) is 0. The molecule has 0 aromatic rings. The second kappa shape index (κ2) is 59.4. The van der Waals surface area contributed by atoms with E-state index in [0.717, 1.165) is 57.8 Å². The van der Waals surface area contributed by atoms with E-state index in [1.807, 2.05) is 0 Å². The number of ether oxygens (including phenoxy) is 3. The maximum atomic E-state index is 12.9. The highest BCUT2D eigenvalue weighted by atomic mass is 16.6. The van der Waals surface area contributed by atoms with Crippen LogP contribution in [0.3, 0.4) is 0 Å². The molecule has 400 valence electrons. The fourth-order valence-electron chi connectivity index (χ4n) is 9.11. The molecule has 0 aromatic carbocycles. The third kappa shape index (κ3) is 56.7. The molecule has 0 N–H and O–H groups in total. The van der Waals surface area contributed by atoms with Crippen molar-refractivity contribution in [3.05, 3.63) is 36.5 Å². The quantitative estimate of drug-likeness (QED) is 0.0345. The van der Waals surface area contributed by atoms with Gasteiger partial charge in [0.05, 0.1) is 6.61 Å². The summed E-state index contributed by atoms with van der Waals surface area (Å²) in [5.74, 6) is -0.388. The Hall–Kier alpha value is -1.88. The Morgan fingerprint density at radius 1 is 0.324 bits per heavy atom. The molecule has 1 unspecified atom stereocenters. The summed E-state index contributed by atoms with van der Waals surface area (Å²) < 4.78 is 17.5. The van der Waals surface area contributed by atoms with Crippen molar-refractivity contribution < 1.29 is 23.8 Å². The van der Waals surface area contributed by atoms with Gasteiger partial charge in [0.15, 0.2) is 6.10 Å². The van der Waals surface area contributed by atoms with Gasteiger partial charge in [-0.05, 0) is 57.8 Å². The molecule has 0 bridgehead atoms. The highest BCUT2D eigenvalue weighted by Crippen LogP contribution is 2.17. The van der Waals surface area contributed by atoms with Crippen molar-refractivity contribution in [1.82, 2.24) is 0 Å². The molecule has 0 saturated heterocycles. The molecule has 0 aliphatic rings. The van der Waals surface area contributed by atoms with Crippen LogP contribution in [0.4, 0.5) is 0 Å². The van der Waals surface area contributed by atoms with Crippen molar-refractivity contribution in [3.63, 3.8) is 0 Å². The van der Waals surface area contributed by atoms with Gasteiger partial charge in [-0.25, -0.2) is 0 Å². The minimum absolute atomic E-state index is 0.0854. The molecule has 0 fully saturated rings. The molecule has 5 nitrogen and oxygen atoms in total. The van der Waals surface area contributed by atoms with Crippen LogP contribution < -0.4 is 0 Å². The Morgan fingerprint density at radius 2 is 0.618 bits per heavy atom. The normalized spacial score (nSPS) is 12.3. The van der Waals surface area contributed by atoms with Gasteiger partial charge >= 0.3 is 11.9 Å². The molecule has 0 saturated carbocycles. The van der Waals surface area contributed by atoms with Crippen LogP contribution in [0.1, 0.15) is 329 Å². The summed E-state index contributed by atoms with van der Waals surface area (Å²) in [6.45, 7) is 7.86. The van der Waals surface area contributed by atoms with Gasteiger partial charge in [-0.3, -0.25) is 9.59 Å². The molecule has 5 heteroatoms. The number of allylic oxidation sites excluding steroid dienone is 6. The predicted molar refractivity (Wildman–Crippen MR) is 298 cm³/mol. The van der Waals surface area contributed by atoms with E-state index in [2.05, 4.69) is 57.2 Å². The Bertz CT molecular complexity index is 1080. The van der Waals surface area contributed by atoms with Crippen LogP contribution in [0.15, 0.2) is 36.5 Å². The lowest BCUT2D eigenvalue weighted by molar-refractivity contribution is -0.163. The van der Waals surface area contributed by atoms with Crippen molar-refractivity contribution in [3.8, 4) is 0 Å². The van der Waals surface area contributed by atoms with Gasteiger partial charge in [-0.1, -0.05) is 295 Å². The first-order valence-corrected chi connectivity index (χ1v) is 30.5. The molecule has 0 heterocycles. The fourth-order valence-corrected chi connectivity index (χ4v) is 9.11. The molecule has 0 radical (unpaired) electrons. The van der Waals surface area contributed by atoms with Crippen LogP contribution in [-0.4, -0.2) is 37.9 Å². The third-order valence-corrected chi connectivity index (χ3v) is 13.7. The van der Waals surface area contributed by atoms with Crippen LogP contribution in [0.5, 0.6) is 0 Å². The van der Waals surface area contributed by atoms with Crippen molar-refractivity contribution in [1.29, 1.82) is 0 Å². The number of carbonyl (C=O) groups is 2. The summed E-state index contributed by atoms with van der Waals surface area (Å²) in [4.78, 5) is 25.6. The van der Waals surface area contributed by atoms with E-state index in [9.17, 15) is 9.59 Å². The minimum atomic E-state index is -0.536. The second-order valence-electron chi connectivity index (χ2n) is 20.6. The predicted octanol–water partition coefficient (Wildman–Crippen LogP) is 20.9. The Labute approximate surface area is 425 Å². The first-order valence-electron chi connectivity index (χ1n) is 30.5. The Kier molecular flexibility index (Phi) is 57.8. The van der Waals surface area contributed by atoms with E-state index in [-0.39, 0.29) is 18.5 Å². The number of unbranched alkanes of at least 4 members (excludes halogenated alkanes) is 40. The van der Waals surface area contributed by atoms with E-state index >= 15 is 0 Å². The molecule has 0 rings (SSSR count). The van der Waals surface area contributed by atoms with Crippen LogP contribution in [0.2, 0.25) is 0 Å². The summed E-state index contributed by atoms with van der Waals surface area (Å²) in [6.07, 6.45) is 73.1. The lowest BCUT2D eigenvalue weighted by Crippen LogP contribution is -2.30. The highest BCUT2D eigenvalue weighted by Gasteiger charge is 2.17. The van der Waals surface area contributed by atoms with E-state index in [1.54, 1.807) is 0 Å². The molecule has 1 atom stereocenters. The third-order valence-electron chi connectivity index (χ3n) is 13.7. The molecule has 0 aliphatic carbocycles. The molecule has 0 aromatic heterocycles. The van der Waals surface area contributed by atoms with Crippen LogP contribution in [0, 0.1) is 0 Å². The van der Waals surface area contributed by atoms with E-state index in [4.69, 9.17) is 14.2 Å². The smallest absolute Gasteiger partial charge is 0.306 e. The number of esters is 2. The maximum absolute atomic E-state index is 12.9. The van der Waals surface area contributed by atoms with Gasteiger partial charge in [-0.15, -0.1) is 0 Å². The zero-order valence-electron chi connectivity index (χ0n) is 46.1. The first kappa shape index (κ1) is 66.1. The summed E-state index contributed by atoms with van der Waals surface area (Å²) in [7, 11) is 0. The second-order valence-corrected chi connectivity index (χ2v) is 20.6. The van der Waals surface area contributed by atoms with Crippen LogP contribution in [0.25, 0.3) is 0 Å². The summed E-state index contributed by atoms with van der Waals surface area (Å²) >= 11 is 0. The van der Waals surface area contributed by atoms with Gasteiger partial charge in [-0.2, -0.15) is 0 Å².